The molecule has 1 aromatic carbocycles. The zero-order chi connectivity index (χ0) is 12.0. The summed E-state index contributed by atoms with van der Waals surface area (Å²) in [6, 6.07) is 11.0. The summed E-state index contributed by atoms with van der Waals surface area (Å²) in [6.07, 6.45) is 8.32. The number of aromatic nitrogens is 1. The predicted octanol–water partition coefficient (Wildman–Crippen LogP) is 4.22. The predicted molar refractivity (Wildman–Crippen MR) is 77.2 cm³/mol. The molecule has 2 saturated heterocycles. The van der Waals surface area contributed by atoms with E-state index in [1.807, 2.05) is 0 Å². The Bertz CT molecular complexity index is 528. The van der Waals surface area contributed by atoms with Crippen molar-refractivity contribution in [1.82, 2.24) is 4.98 Å². The van der Waals surface area contributed by atoms with Gasteiger partial charge in [0.1, 0.15) is 7.28 Å². The highest BCUT2D eigenvalue weighted by Gasteiger charge is 2.42. The average molecular weight is 236 g/mol. The van der Waals surface area contributed by atoms with Gasteiger partial charge in [0.15, 0.2) is 0 Å². The van der Waals surface area contributed by atoms with Gasteiger partial charge in [0.25, 0.3) is 0 Å². The van der Waals surface area contributed by atoms with Crippen LogP contribution in [0, 0.1) is 0 Å². The highest BCUT2D eigenvalue weighted by molar-refractivity contribution is 6.43. The van der Waals surface area contributed by atoms with Gasteiger partial charge in [0.05, 0.1) is 0 Å². The monoisotopic (exact) mass is 236 g/mol. The molecule has 3 heterocycles. The lowest BCUT2D eigenvalue weighted by molar-refractivity contribution is 0.360. The highest BCUT2D eigenvalue weighted by Crippen LogP contribution is 2.47. The molecule has 0 aliphatic carbocycles. The van der Waals surface area contributed by atoms with Gasteiger partial charge in [-0.3, -0.25) is 0 Å². The van der Waals surface area contributed by atoms with E-state index in [0.717, 1.165) is 5.82 Å². The molecular weight excluding hydrogens is 217 g/mol. The summed E-state index contributed by atoms with van der Waals surface area (Å²) >= 11 is 0. The molecule has 2 aromatic rings. The molecule has 2 aliphatic heterocycles. The van der Waals surface area contributed by atoms with Crippen LogP contribution in [0.1, 0.15) is 44.2 Å². The number of hydrogen-bond donors (Lipinski definition) is 1. The third-order valence-electron chi connectivity index (χ3n) is 5.02. The summed E-state index contributed by atoms with van der Waals surface area (Å²) in [5, 5.41) is 1.73. The molecule has 0 amide bonds. The van der Waals surface area contributed by atoms with Crippen molar-refractivity contribution in [1.29, 1.82) is 0 Å². The van der Waals surface area contributed by atoms with Crippen LogP contribution in [0.25, 0.3) is 10.9 Å². The Morgan fingerprint density at radius 1 is 1.11 bits per heavy atom. The quantitative estimate of drug-likeness (QED) is 0.713. The van der Waals surface area contributed by atoms with Crippen molar-refractivity contribution in [3.8, 4) is 0 Å². The van der Waals surface area contributed by atoms with E-state index in [4.69, 9.17) is 0 Å². The maximum Gasteiger partial charge on any atom is 0.129 e. The molecule has 1 N–H and O–H groups in total. The fourth-order valence-electron chi connectivity index (χ4n) is 4.11. The molecule has 0 unspecified atom stereocenters. The number of nitrogens with one attached hydrogen (secondary N) is 1. The SMILES string of the molecule is [B]1C2CCCC1(c1cc3ccccc3[nH]1)CCC2. The Morgan fingerprint density at radius 2 is 1.89 bits per heavy atom. The van der Waals surface area contributed by atoms with Gasteiger partial charge in [0.2, 0.25) is 0 Å². The van der Waals surface area contributed by atoms with Crippen molar-refractivity contribution < 1.29 is 0 Å². The van der Waals surface area contributed by atoms with E-state index in [0.29, 0.717) is 5.31 Å². The first-order chi connectivity index (χ1) is 8.86. The molecule has 1 radical (unpaired) electrons. The summed E-state index contributed by atoms with van der Waals surface area (Å²) < 4.78 is 0. The lowest BCUT2D eigenvalue weighted by Gasteiger charge is -2.44. The van der Waals surface area contributed by atoms with Gasteiger partial charge < -0.3 is 4.98 Å². The summed E-state index contributed by atoms with van der Waals surface area (Å²) in [4.78, 5) is 3.68. The fourth-order valence-corrected chi connectivity index (χ4v) is 4.11. The Balaban J connectivity index is 1.80. The van der Waals surface area contributed by atoms with Crippen molar-refractivity contribution in [2.75, 3.05) is 0 Å². The lowest BCUT2D eigenvalue weighted by atomic mass is 9.35. The number of fused-ring (bicyclic) bond motifs is 3. The number of H-pyrrole nitrogens is 1. The molecule has 2 aliphatic rings. The van der Waals surface area contributed by atoms with E-state index in [9.17, 15) is 0 Å². The van der Waals surface area contributed by atoms with Crippen LogP contribution in [0.15, 0.2) is 30.3 Å². The maximum absolute atomic E-state index is 3.68. The first-order valence-electron chi connectivity index (χ1n) is 7.30. The topological polar surface area (TPSA) is 15.8 Å². The number of rotatable bonds is 1. The Kier molecular flexibility index (Phi) is 2.33. The largest absolute Gasteiger partial charge is 0.359 e. The average Bonchev–Trinajstić information content (AvgIpc) is 2.83. The molecule has 4 rings (SSSR count). The summed E-state index contributed by atoms with van der Waals surface area (Å²) in [6.45, 7) is 0. The van der Waals surface area contributed by atoms with Crippen molar-refractivity contribution in [2.45, 2.75) is 49.7 Å². The van der Waals surface area contributed by atoms with Crippen LogP contribution in [-0.2, 0) is 5.31 Å². The van der Waals surface area contributed by atoms with Gasteiger partial charge >= 0.3 is 0 Å². The minimum Gasteiger partial charge on any atom is -0.359 e. The Labute approximate surface area is 109 Å². The third-order valence-corrected chi connectivity index (χ3v) is 5.02. The van der Waals surface area contributed by atoms with Crippen LogP contribution in [0.3, 0.4) is 0 Å². The maximum atomic E-state index is 3.68. The molecule has 0 saturated carbocycles. The van der Waals surface area contributed by atoms with Crippen LogP contribution < -0.4 is 0 Å². The summed E-state index contributed by atoms with van der Waals surface area (Å²) in [5.74, 6) is 0.874. The van der Waals surface area contributed by atoms with Crippen LogP contribution in [0.2, 0.25) is 5.82 Å². The van der Waals surface area contributed by atoms with Crippen molar-refractivity contribution in [3.63, 3.8) is 0 Å². The van der Waals surface area contributed by atoms with Gasteiger partial charge in [-0.1, -0.05) is 49.7 Å². The number of aromatic amines is 1. The van der Waals surface area contributed by atoms with E-state index in [2.05, 4.69) is 42.6 Å². The van der Waals surface area contributed by atoms with E-state index in [-0.39, 0.29) is 0 Å². The summed E-state index contributed by atoms with van der Waals surface area (Å²) in [7, 11) is 2.67. The lowest BCUT2D eigenvalue weighted by Crippen LogP contribution is -2.42. The van der Waals surface area contributed by atoms with Crippen LogP contribution in [0.5, 0.6) is 0 Å². The van der Waals surface area contributed by atoms with E-state index in [1.54, 1.807) is 0 Å². The molecule has 18 heavy (non-hydrogen) atoms. The smallest absolute Gasteiger partial charge is 0.129 e. The molecule has 2 fully saturated rings. The molecule has 91 valence electrons. The molecule has 2 heteroatoms. The molecule has 2 bridgehead atoms. The second-order valence-electron chi connectivity index (χ2n) is 6.14. The Hall–Kier alpha value is -1.18. The second-order valence-corrected chi connectivity index (χ2v) is 6.14. The van der Waals surface area contributed by atoms with Crippen molar-refractivity contribution in [3.05, 3.63) is 36.0 Å². The number of para-hydroxylation sites is 1. The van der Waals surface area contributed by atoms with Gasteiger partial charge in [-0.15, -0.1) is 0 Å². The molecule has 0 spiro atoms. The zero-order valence-corrected chi connectivity index (χ0v) is 10.8. The molecule has 1 nitrogen and oxygen atoms in total. The normalized spacial score (nSPS) is 31.2. The minimum absolute atomic E-state index is 0.361. The second kappa shape index (κ2) is 3.91. The first kappa shape index (κ1) is 10.7. The molecular formula is C16H19BN. The van der Waals surface area contributed by atoms with E-state index >= 15 is 0 Å². The van der Waals surface area contributed by atoms with Gasteiger partial charge in [-0.2, -0.15) is 0 Å². The first-order valence-corrected chi connectivity index (χ1v) is 7.30. The Morgan fingerprint density at radius 3 is 2.67 bits per heavy atom. The highest BCUT2D eigenvalue weighted by atomic mass is 14.7. The number of hydrogen-bond acceptors (Lipinski definition) is 0. The van der Waals surface area contributed by atoms with Crippen molar-refractivity contribution >= 4 is 18.2 Å². The minimum atomic E-state index is 0.361. The van der Waals surface area contributed by atoms with E-state index < -0.39 is 0 Å². The molecule has 0 atom stereocenters. The van der Waals surface area contributed by atoms with Crippen LogP contribution >= 0.6 is 0 Å². The fraction of sp³-hybridized carbons (Fsp3) is 0.500. The zero-order valence-electron chi connectivity index (χ0n) is 10.8. The van der Waals surface area contributed by atoms with Crippen LogP contribution in [0.4, 0.5) is 0 Å². The van der Waals surface area contributed by atoms with Gasteiger partial charge in [0, 0.05) is 11.2 Å². The molecule has 1 aromatic heterocycles. The summed E-state index contributed by atoms with van der Waals surface area (Å²) in [5.41, 5.74) is 2.76. The van der Waals surface area contributed by atoms with Crippen molar-refractivity contribution in [2.24, 2.45) is 0 Å². The third kappa shape index (κ3) is 1.54. The van der Waals surface area contributed by atoms with E-state index in [1.165, 1.54) is 55.1 Å². The van der Waals surface area contributed by atoms with Crippen LogP contribution in [-0.4, -0.2) is 12.3 Å². The standard InChI is InChI=1S/C16H19BN/c1-2-8-14-12(5-1)11-15(18-14)16-9-3-6-13(17-16)7-4-10-16/h1-2,5,8,11,13,18H,3-4,6-7,9-10H2. The van der Waals surface area contributed by atoms with Gasteiger partial charge in [-0.25, -0.2) is 0 Å². The number of benzene rings is 1. The van der Waals surface area contributed by atoms with Gasteiger partial charge in [-0.05, 0) is 35.7 Å².